The number of aromatic nitrogens is 2. The molecule has 0 atom stereocenters. The van der Waals surface area contributed by atoms with Crippen LogP contribution in [-0.2, 0) is 27.3 Å². The first-order chi connectivity index (χ1) is 12.9. The van der Waals surface area contributed by atoms with Crippen molar-refractivity contribution in [3.8, 4) is 0 Å². The summed E-state index contributed by atoms with van der Waals surface area (Å²) >= 11 is 1.49. The first-order valence-electron chi connectivity index (χ1n) is 8.75. The third-order valence-corrected chi connectivity index (χ3v) is 4.81. The van der Waals surface area contributed by atoms with E-state index in [2.05, 4.69) is 15.3 Å². The Labute approximate surface area is 164 Å². The topological polar surface area (TPSA) is 81.2 Å². The molecular weight excluding hydrogens is 362 g/mol. The largest absolute Gasteiger partial charge is 0.456 e. The second-order valence-corrected chi connectivity index (χ2v) is 7.00. The molecule has 0 aliphatic rings. The molecule has 7 heteroatoms. The molecule has 0 fully saturated rings. The first-order valence-corrected chi connectivity index (χ1v) is 9.98. The van der Waals surface area contributed by atoms with Gasteiger partial charge in [-0.05, 0) is 50.1 Å². The van der Waals surface area contributed by atoms with Crippen LogP contribution >= 0.6 is 11.8 Å². The van der Waals surface area contributed by atoms with E-state index >= 15 is 0 Å². The fraction of sp³-hybridized carbons (Fsp3) is 0.400. The zero-order valence-corrected chi connectivity index (χ0v) is 17.0. The van der Waals surface area contributed by atoms with Crippen LogP contribution in [0.25, 0.3) is 0 Å². The van der Waals surface area contributed by atoms with Crippen molar-refractivity contribution in [2.45, 2.75) is 45.3 Å². The van der Waals surface area contributed by atoms with Gasteiger partial charge in [0.25, 0.3) is 5.91 Å². The minimum Gasteiger partial charge on any atom is -0.456 e. The number of nitrogens with one attached hydrogen (secondary N) is 1. The fourth-order valence-corrected chi connectivity index (χ4v) is 3.12. The monoisotopic (exact) mass is 387 g/mol. The standard InChI is InChI=1S/C20H25N3O3S/c1-13-7-5-6-8-16(13)11-21-18(24)12-26-19(25)10-9-17-14(2)22-20(27-4)23-15(17)3/h5-8H,9-12H2,1-4H3,(H,21,24). The summed E-state index contributed by atoms with van der Waals surface area (Å²) in [7, 11) is 0. The van der Waals surface area contributed by atoms with Crippen molar-refractivity contribution in [3.05, 3.63) is 52.3 Å². The molecule has 1 aromatic heterocycles. The summed E-state index contributed by atoms with van der Waals surface area (Å²) in [6, 6.07) is 7.82. The summed E-state index contributed by atoms with van der Waals surface area (Å²) in [4.78, 5) is 32.6. The molecule has 1 aromatic carbocycles. The molecule has 1 N–H and O–H groups in total. The van der Waals surface area contributed by atoms with E-state index < -0.39 is 5.97 Å². The third kappa shape index (κ3) is 6.36. The number of benzene rings is 1. The molecule has 144 valence electrons. The zero-order valence-electron chi connectivity index (χ0n) is 16.2. The van der Waals surface area contributed by atoms with Crippen molar-refractivity contribution in [1.82, 2.24) is 15.3 Å². The van der Waals surface area contributed by atoms with Crippen molar-refractivity contribution >= 4 is 23.6 Å². The SMILES string of the molecule is CSc1nc(C)c(CCC(=O)OCC(=O)NCc2ccccc2C)c(C)n1. The van der Waals surface area contributed by atoms with Crippen LogP contribution in [0.5, 0.6) is 0 Å². The number of nitrogens with zero attached hydrogens (tertiary/aromatic N) is 2. The lowest BCUT2D eigenvalue weighted by Gasteiger charge is -2.10. The van der Waals surface area contributed by atoms with E-state index in [0.29, 0.717) is 13.0 Å². The van der Waals surface area contributed by atoms with E-state index in [1.54, 1.807) is 0 Å². The van der Waals surface area contributed by atoms with Crippen LogP contribution in [0.3, 0.4) is 0 Å². The van der Waals surface area contributed by atoms with Gasteiger partial charge in [-0.2, -0.15) is 0 Å². The highest BCUT2D eigenvalue weighted by Gasteiger charge is 2.12. The first kappa shape index (κ1) is 20.9. The van der Waals surface area contributed by atoms with Gasteiger partial charge in [0.05, 0.1) is 0 Å². The Morgan fingerprint density at radius 2 is 1.78 bits per heavy atom. The Balaban J connectivity index is 1.76. The fourth-order valence-electron chi connectivity index (χ4n) is 2.66. The van der Waals surface area contributed by atoms with E-state index in [9.17, 15) is 9.59 Å². The lowest BCUT2D eigenvalue weighted by atomic mass is 10.1. The normalized spacial score (nSPS) is 10.5. The van der Waals surface area contributed by atoms with Crippen LogP contribution in [-0.4, -0.2) is 34.7 Å². The van der Waals surface area contributed by atoms with Crippen molar-refractivity contribution in [2.24, 2.45) is 0 Å². The summed E-state index contributed by atoms with van der Waals surface area (Å²) in [5.41, 5.74) is 4.84. The molecular formula is C20H25N3O3S. The van der Waals surface area contributed by atoms with Crippen molar-refractivity contribution in [2.75, 3.05) is 12.9 Å². The maximum absolute atomic E-state index is 11.9. The number of hydrogen-bond acceptors (Lipinski definition) is 6. The molecule has 1 heterocycles. The Bertz CT molecular complexity index is 801. The van der Waals surface area contributed by atoms with Crippen LogP contribution in [0.4, 0.5) is 0 Å². The maximum atomic E-state index is 11.9. The summed E-state index contributed by atoms with van der Waals surface area (Å²) in [6.45, 7) is 5.95. The van der Waals surface area contributed by atoms with Gasteiger partial charge in [-0.15, -0.1) is 0 Å². The predicted octanol–water partition coefficient (Wildman–Crippen LogP) is 2.92. The smallest absolute Gasteiger partial charge is 0.306 e. The highest BCUT2D eigenvalue weighted by Crippen LogP contribution is 2.17. The van der Waals surface area contributed by atoms with Gasteiger partial charge in [-0.25, -0.2) is 9.97 Å². The molecule has 0 saturated heterocycles. The Morgan fingerprint density at radius 3 is 2.41 bits per heavy atom. The number of hydrogen-bond donors (Lipinski definition) is 1. The minimum absolute atomic E-state index is 0.189. The van der Waals surface area contributed by atoms with Gasteiger partial charge in [-0.1, -0.05) is 36.0 Å². The lowest BCUT2D eigenvalue weighted by molar-refractivity contribution is -0.148. The van der Waals surface area contributed by atoms with Crippen LogP contribution in [0.1, 0.15) is 34.5 Å². The Kier molecular flexibility index (Phi) is 7.79. The number of amides is 1. The molecule has 0 unspecified atom stereocenters. The number of carbonyl (C=O) groups excluding carboxylic acids is 2. The predicted molar refractivity (Wildman–Crippen MR) is 106 cm³/mol. The van der Waals surface area contributed by atoms with Gasteiger partial charge in [0.1, 0.15) is 0 Å². The molecule has 0 radical (unpaired) electrons. The summed E-state index contributed by atoms with van der Waals surface area (Å²) in [5.74, 6) is -0.722. The van der Waals surface area contributed by atoms with E-state index in [-0.39, 0.29) is 18.9 Å². The van der Waals surface area contributed by atoms with Crippen LogP contribution in [0, 0.1) is 20.8 Å². The molecule has 0 saturated carbocycles. The minimum atomic E-state index is -0.409. The number of rotatable bonds is 8. The van der Waals surface area contributed by atoms with E-state index in [0.717, 1.165) is 33.2 Å². The third-order valence-electron chi connectivity index (χ3n) is 4.26. The molecule has 2 rings (SSSR count). The molecule has 0 aliphatic carbocycles. The van der Waals surface area contributed by atoms with Crippen molar-refractivity contribution < 1.29 is 14.3 Å². The van der Waals surface area contributed by atoms with Crippen LogP contribution < -0.4 is 5.32 Å². The number of aryl methyl sites for hydroxylation is 3. The van der Waals surface area contributed by atoms with E-state index in [1.165, 1.54) is 11.8 Å². The van der Waals surface area contributed by atoms with Gasteiger partial charge in [0.15, 0.2) is 11.8 Å². The number of ether oxygens (including phenoxy) is 1. The van der Waals surface area contributed by atoms with Gasteiger partial charge in [0, 0.05) is 24.4 Å². The highest BCUT2D eigenvalue weighted by atomic mass is 32.2. The summed E-state index contributed by atoms with van der Waals surface area (Å²) in [6.07, 6.45) is 2.61. The molecule has 1 amide bonds. The molecule has 0 spiro atoms. The van der Waals surface area contributed by atoms with Crippen LogP contribution in [0.15, 0.2) is 29.4 Å². The second kappa shape index (κ2) is 10.1. The average molecular weight is 388 g/mol. The number of thioether (sulfide) groups is 1. The quantitative estimate of drug-likeness (QED) is 0.426. The molecule has 6 nitrogen and oxygen atoms in total. The summed E-state index contributed by atoms with van der Waals surface area (Å²) < 4.78 is 5.07. The van der Waals surface area contributed by atoms with Gasteiger partial charge >= 0.3 is 5.97 Å². The van der Waals surface area contributed by atoms with Gasteiger partial charge in [-0.3, -0.25) is 9.59 Å². The summed E-state index contributed by atoms with van der Waals surface area (Å²) in [5, 5.41) is 3.49. The van der Waals surface area contributed by atoms with E-state index in [4.69, 9.17) is 4.74 Å². The maximum Gasteiger partial charge on any atom is 0.306 e. The average Bonchev–Trinajstić information content (AvgIpc) is 2.64. The van der Waals surface area contributed by atoms with Gasteiger partial charge < -0.3 is 10.1 Å². The number of esters is 1. The molecule has 0 aliphatic heterocycles. The van der Waals surface area contributed by atoms with Gasteiger partial charge in [0.2, 0.25) is 0 Å². The molecule has 27 heavy (non-hydrogen) atoms. The Morgan fingerprint density at radius 1 is 1.11 bits per heavy atom. The van der Waals surface area contributed by atoms with Crippen molar-refractivity contribution in [3.63, 3.8) is 0 Å². The zero-order chi connectivity index (χ0) is 19.8. The van der Waals surface area contributed by atoms with E-state index in [1.807, 2.05) is 51.3 Å². The Hall–Kier alpha value is -2.41. The molecule has 2 aromatic rings. The van der Waals surface area contributed by atoms with Crippen LogP contribution in [0.2, 0.25) is 0 Å². The molecule has 0 bridgehead atoms. The highest BCUT2D eigenvalue weighted by molar-refractivity contribution is 7.98. The number of carbonyl (C=O) groups is 2. The lowest BCUT2D eigenvalue weighted by Crippen LogP contribution is -2.28. The second-order valence-electron chi connectivity index (χ2n) is 6.22. The van der Waals surface area contributed by atoms with Crippen molar-refractivity contribution in [1.29, 1.82) is 0 Å².